The predicted molar refractivity (Wildman–Crippen MR) is 96.3 cm³/mol. The minimum atomic E-state index is -0.297. The van der Waals surface area contributed by atoms with E-state index in [2.05, 4.69) is 5.32 Å². The first-order chi connectivity index (χ1) is 11.9. The van der Waals surface area contributed by atoms with E-state index >= 15 is 0 Å². The van der Waals surface area contributed by atoms with Gasteiger partial charge in [0, 0.05) is 25.3 Å². The SMILES string of the molecule is COc1cc(C)ccc1OCC(=O)Nc1ccc(C(=O)N(C)C)cc1. The van der Waals surface area contributed by atoms with Crippen molar-refractivity contribution >= 4 is 17.5 Å². The number of anilines is 1. The van der Waals surface area contributed by atoms with Crippen molar-refractivity contribution in [3.05, 3.63) is 53.6 Å². The number of rotatable bonds is 6. The molecular weight excluding hydrogens is 320 g/mol. The average molecular weight is 342 g/mol. The zero-order valence-corrected chi connectivity index (χ0v) is 14.8. The molecule has 2 aromatic rings. The Labute approximate surface area is 147 Å². The van der Waals surface area contributed by atoms with E-state index in [4.69, 9.17) is 9.47 Å². The summed E-state index contributed by atoms with van der Waals surface area (Å²) in [5.41, 5.74) is 2.20. The lowest BCUT2D eigenvalue weighted by molar-refractivity contribution is -0.118. The molecule has 132 valence electrons. The number of methoxy groups -OCH3 is 1. The number of ether oxygens (including phenoxy) is 2. The Hall–Kier alpha value is -3.02. The first-order valence-electron chi connectivity index (χ1n) is 7.79. The fourth-order valence-electron chi connectivity index (χ4n) is 2.19. The summed E-state index contributed by atoms with van der Waals surface area (Å²) in [6.07, 6.45) is 0. The van der Waals surface area contributed by atoms with Crippen molar-refractivity contribution in [2.75, 3.05) is 33.1 Å². The lowest BCUT2D eigenvalue weighted by Gasteiger charge is -2.12. The molecule has 0 atom stereocenters. The minimum Gasteiger partial charge on any atom is -0.493 e. The standard InChI is InChI=1S/C19H22N2O4/c1-13-5-10-16(17(11-13)24-4)25-12-18(22)20-15-8-6-14(7-9-15)19(23)21(2)3/h5-11H,12H2,1-4H3,(H,20,22). The van der Waals surface area contributed by atoms with Crippen LogP contribution in [0.5, 0.6) is 11.5 Å². The molecule has 2 aromatic carbocycles. The number of carbonyl (C=O) groups is 2. The van der Waals surface area contributed by atoms with E-state index in [0.717, 1.165) is 5.56 Å². The highest BCUT2D eigenvalue weighted by atomic mass is 16.5. The highest BCUT2D eigenvalue weighted by molar-refractivity contribution is 5.95. The molecular formula is C19H22N2O4. The van der Waals surface area contributed by atoms with Crippen LogP contribution < -0.4 is 14.8 Å². The Balaban J connectivity index is 1.93. The Morgan fingerprint density at radius 1 is 1.04 bits per heavy atom. The highest BCUT2D eigenvalue weighted by Gasteiger charge is 2.10. The largest absolute Gasteiger partial charge is 0.493 e. The number of amides is 2. The van der Waals surface area contributed by atoms with Crippen LogP contribution in [0.25, 0.3) is 0 Å². The van der Waals surface area contributed by atoms with Crippen LogP contribution in [0.4, 0.5) is 5.69 Å². The maximum Gasteiger partial charge on any atom is 0.262 e. The fourth-order valence-corrected chi connectivity index (χ4v) is 2.19. The van der Waals surface area contributed by atoms with E-state index in [0.29, 0.717) is 22.7 Å². The molecule has 0 heterocycles. The molecule has 0 spiro atoms. The van der Waals surface area contributed by atoms with Crippen molar-refractivity contribution in [3.8, 4) is 11.5 Å². The van der Waals surface area contributed by atoms with Gasteiger partial charge in [-0.15, -0.1) is 0 Å². The van der Waals surface area contributed by atoms with E-state index in [1.807, 2.05) is 19.1 Å². The molecule has 0 saturated heterocycles. The number of carbonyl (C=O) groups excluding carboxylic acids is 2. The summed E-state index contributed by atoms with van der Waals surface area (Å²) in [5, 5.41) is 2.73. The Morgan fingerprint density at radius 2 is 1.72 bits per heavy atom. The zero-order valence-electron chi connectivity index (χ0n) is 14.8. The first-order valence-corrected chi connectivity index (χ1v) is 7.79. The average Bonchev–Trinajstić information content (AvgIpc) is 2.60. The van der Waals surface area contributed by atoms with Gasteiger partial charge in [0.15, 0.2) is 18.1 Å². The minimum absolute atomic E-state index is 0.0901. The number of hydrogen-bond donors (Lipinski definition) is 1. The van der Waals surface area contributed by atoms with E-state index in [1.54, 1.807) is 51.5 Å². The van der Waals surface area contributed by atoms with Gasteiger partial charge in [0.2, 0.25) is 0 Å². The lowest BCUT2D eigenvalue weighted by Crippen LogP contribution is -2.22. The van der Waals surface area contributed by atoms with Crippen molar-refractivity contribution in [2.24, 2.45) is 0 Å². The second-order valence-corrected chi connectivity index (χ2v) is 5.77. The van der Waals surface area contributed by atoms with Gasteiger partial charge in [0.1, 0.15) is 0 Å². The molecule has 6 nitrogen and oxygen atoms in total. The van der Waals surface area contributed by atoms with E-state index < -0.39 is 0 Å². The van der Waals surface area contributed by atoms with Crippen LogP contribution in [0.3, 0.4) is 0 Å². The molecule has 0 saturated carbocycles. The molecule has 2 amide bonds. The van der Waals surface area contributed by atoms with Crippen LogP contribution in [0.15, 0.2) is 42.5 Å². The summed E-state index contributed by atoms with van der Waals surface area (Å²) in [7, 11) is 4.93. The van der Waals surface area contributed by atoms with Crippen LogP contribution in [0.1, 0.15) is 15.9 Å². The molecule has 6 heteroatoms. The Morgan fingerprint density at radius 3 is 2.32 bits per heavy atom. The van der Waals surface area contributed by atoms with Crippen LogP contribution in [-0.2, 0) is 4.79 Å². The number of hydrogen-bond acceptors (Lipinski definition) is 4. The summed E-state index contributed by atoms with van der Waals surface area (Å²) in [6, 6.07) is 12.2. The molecule has 0 aromatic heterocycles. The first kappa shape index (κ1) is 18.3. The topological polar surface area (TPSA) is 67.9 Å². The number of aryl methyl sites for hydroxylation is 1. The van der Waals surface area contributed by atoms with Crippen LogP contribution in [0.2, 0.25) is 0 Å². The van der Waals surface area contributed by atoms with Crippen LogP contribution in [0, 0.1) is 6.92 Å². The fraction of sp³-hybridized carbons (Fsp3) is 0.263. The third-order valence-electron chi connectivity index (χ3n) is 3.50. The normalized spacial score (nSPS) is 10.1. The monoisotopic (exact) mass is 342 g/mol. The number of nitrogens with zero attached hydrogens (tertiary/aromatic N) is 1. The van der Waals surface area contributed by atoms with E-state index in [1.165, 1.54) is 4.90 Å². The number of nitrogens with one attached hydrogen (secondary N) is 1. The van der Waals surface area contributed by atoms with Gasteiger partial charge in [-0.1, -0.05) is 6.07 Å². The predicted octanol–water partition coefficient (Wildman–Crippen LogP) is 2.72. The molecule has 2 rings (SSSR count). The molecule has 0 unspecified atom stereocenters. The van der Waals surface area contributed by atoms with E-state index in [9.17, 15) is 9.59 Å². The van der Waals surface area contributed by atoms with Crippen molar-refractivity contribution in [3.63, 3.8) is 0 Å². The van der Waals surface area contributed by atoms with Gasteiger partial charge in [-0.2, -0.15) is 0 Å². The quantitative estimate of drug-likeness (QED) is 0.876. The van der Waals surface area contributed by atoms with Gasteiger partial charge in [-0.25, -0.2) is 0 Å². The van der Waals surface area contributed by atoms with Gasteiger partial charge in [0.05, 0.1) is 7.11 Å². The maximum absolute atomic E-state index is 12.0. The molecule has 0 radical (unpaired) electrons. The summed E-state index contributed by atoms with van der Waals surface area (Å²) in [5.74, 6) is 0.705. The van der Waals surface area contributed by atoms with Gasteiger partial charge in [0.25, 0.3) is 11.8 Å². The smallest absolute Gasteiger partial charge is 0.262 e. The van der Waals surface area contributed by atoms with Gasteiger partial charge in [-0.3, -0.25) is 9.59 Å². The maximum atomic E-state index is 12.0. The Bertz CT molecular complexity index is 755. The summed E-state index contributed by atoms with van der Waals surface area (Å²) in [6.45, 7) is 1.81. The second-order valence-electron chi connectivity index (χ2n) is 5.77. The van der Waals surface area contributed by atoms with Crippen molar-refractivity contribution in [1.82, 2.24) is 4.90 Å². The summed E-state index contributed by atoms with van der Waals surface area (Å²) >= 11 is 0. The summed E-state index contributed by atoms with van der Waals surface area (Å²) < 4.78 is 10.8. The second kappa shape index (κ2) is 8.19. The molecule has 25 heavy (non-hydrogen) atoms. The van der Waals surface area contributed by atoms with Crippen molar-refractivity contribution in [2.45, 2.75) is 6.92 Å². The van der Waals surface area contributed by atoms with Crippen molar-refractivity contribution < 1.29 is 19.1 Å². The van der Waals surface area contributed by atoms with Gasteiger partial charge in [-0.05, 0) is 48.9 Å². The van der Waals surface area contributed by atoms with Gasteiger partial charge < -0.3 is 19.7 Å². The van der Waals surface area contributed by atoms with Crippen LogP contribution in [-0.4, -0.2) is 44.5 Å². The molecule has 0 aliphatic heterocycles. The molecule has 0 aliphatic carbocycles. The zero-order chi connectivity index (χ0) is 18.4. The van der Waals surface area contributed by atoms with E-state index in [-0.39, 0.29) is 18.4 Å². The van der Waals surface area contributed by atoms with Gasteiger partial charge >= 0.3 is 0 Å². The molecule has 0 bridgehead atoms. The van der Waals surface area contributed by atoms with Crippen molar-refractivity contribution in [1.29, 1.82) is 0 Å². The molecule has 0 fully saturated rings. The lowest BCUT2D eigenvalue weighted by atomic mass is 10.2. The van der Waals surface area contributed by atoms with Crippen LogP contribution >= 0.6 is 0 Å². The third kappa shape index (κ3) is 4.97. The molecule has 0 aliphatic rings. The highest BCUT2D eigenvalue weighted by Crippen LogP contribution is 2.27. The summed E-state index contributed by atoms with van der Waals surface area (Å²) in [4.78, 5) is 25.4. The Kier molecular flexibility index (Phi) is 6.00. The molecule has 1 N–H and O–H groups in total. The number of benzene rings is 2. The third-order valence-corrected chi connectivity index (χ3v) is 3.50.